The predicted octanol–water partition coefficient (Wildman–Crippen LogP) is 1.08. The molecule has 0 aromatic heterocycles. The topological polar surface area (TPSA) is 63.6 Å². The number of hydrogen-bond donors (Lipinski definition) is 1. The van der Waals surface area contributed by atoms with E-state index in [2.05, 4.69) is 10.7 Å². The number of allylic oxidation sites excluding steroid dienone is 1. The number of hydrogen-bond acceptors (Lipinski definition) is 3. The van der Waals surface area contributed by atoms with Gasteiger partial charge in [-0.25, -0.2) is 4.79 Å². The van der Waals surface area contributed by atoms with Crippen molar-refractivity contribution >= 4 is 11.9 Å². The second-order valence-electron chi connectivity index (χ2n) is 4.33. The largest absolute Gasteiger partial charge is 0.481 e. The third-order valence-electron chi connectivity index (χ3n) is 2.91. The van der Waals surface area contributed by atoms with E-state index in [1.54, 1.807) is 6.08 Å². The number of aliphatic carboxylic acids is 1. The standard InChI is InChI=1S/C12H14O4/c1-4-7-16-9(13)6-5-8-10(11(14)15)12(8,2)3/h1,5-6,8,10H,7H2,2-3H3,(H,14,15)/b6-5-/t8-,10-/m0/s1. The normalized spacial score (nSPS) is 26.1. The second kappa shape index (κ2) is 4.40. The number of rotatable bonds is 4. The van der Waals surface area contributed by atoms with Gasteiger partial charge in [-0.05, 0) is 11.3 Å². The smallest absolute Gasteiger partial charge is 0.331 e. The lowest BCUT2D eigenvalue weighted by Crippen LogP contribution is -2.03. The van der Waals surface area contributed by atoms with Crippen molar-refractivity contribution in [3.8, 4) is 12.3 Å². The Hall–Kier alpha value is -1.76. The van der Waals surface area contributed by atoms with Gasteiger partial charge >= 0.3 is 11.9 Å². The molecule has 1 aliphatic carbocycles. The van der Waals surface area contributed by atoms with Crippen LogP contribution in [-0.2, 0) is 14.3 Å². The van der Waals surface area contributed by atoms with Crippen molar-refractivity contribution in [1.82, 2.24) is 0 Å². The van der Waals surface area contributed by atoms with Crippen molar-refractivity contribution in [3.63, 3.8) is 0 Å². The van der Waals surface area contributed by atoms with E-state index in [-0.39, 0.29) is 17.9 Å². The van der Waals surface area contributed by atoms with Gasteiger partial charge in [-0.2, -0.15) is 0 Å². The van der Waals surface area contributed by atoms with E-state index in [4.69, 9.17) is 11.5 Å². The van der Waals surface area contributed by atoms with E-state index in [1.807, 2.05) is 13.8 Å². The number of carbonyl (C=O) groups is 2. The van der Waals surface area contributed by atoms with E-state index < -0.39 is 17.9 Å². The van der Waals surface area contributed by atoms with Gasteiger partial charge in [-0.15, -0.1) is 6.42 Å². The molecule has 0 saturated heterocycles. The molecule has 4 heteroatoms. The minimum absolute atomic E-state index is 0.0698. The SMILES string of the molecule is C#CCOC(=O)/C=C\[C@H]1[C@@H](C(=O)O)C1(C)C. The lowest BCUT2D eigenvalue weighted by Gasteiger charge is -1.96. The zero-order valence-corrected chi connectivity index (χ0v) is 9.27. The molecule has 0 spiro atoms. The molecule has 0 heterocycles. The lowest BCUT2D eigenvalue weighted by atomic mass is 10.1. The van der Waals surface area contributed by atoms with E-state index >= 15 is 0 Å². The highest BCUT2D eigenvalue weighted by molar-refractivity contribution is 5.83. The van der Waals surface area contributed by atoms with Crippen molar-refractivity contribution in [1.29, 1.82) is 0 Å². The van der Waals surface area contributed by atoms with Crippen LogP contribution in [0, 0.1) is 29.6 Å². The highest BCUT2D eigenvalue weighted by Gasteiger charge is 2.60. The van der Waals surface area contributed by atoms with E-state index in [0.29, 0.717) is 0 Å². The van der Waals surface area contributed by atoms with Gasteiger partial charge in [-0.1, -0.05) is 25.8 Å². The Kier molecular flexibility index (Phi) is 3.38. The molecule has 86 valence electrons. The van der Waals surface area contributed by atoms with E-state index in [0.717, 1.165) is 0 Å². The summed E-state index contributed by atoms with van der Waals surface area (Å²) in [5.74, 6) is 0.252. The summed E-state index contributed by atoms with van der Waals surface area (Å²) in [4.78, 5) is 21.9. The Morgan fingerprint density at radius 1 is 1.56 bits per heavy atom. The molecule has 4 nitrogen and oxygen atoms in total. The van der Waals surface area contributed by atoms with Crippen molar-refractivity contribution in [2.75, 3.05) is 6.61 Å². The number of carbonyl (C=O) groups excluding carboxylic acids is 1. The van der Waals surface area contributed by atoms with Crippen LogP contribution in [0.5, 0.6) is 0 Å². The van der Waals surface area contributed by atoms with Crippen LogP contribution in [-0.4, -0.2) is 23.7 Å². The first-order valence-corrected chi connectivity index (χ1v) is 4.92. The molecule has 1 saturated carbocycles. The van der Waals surface area contributed by atoms with Crippen molar-refractivity contribution in [2.45, 2.75) is 13.8 Å². The average Bonchev–Trinajstić information content (AvgIpc) is 2.74. The second-order valence-corrected chi connectivity index (χ2v) is 4.33. The van der Waals surface area contributed by atoms with E-state index in [9.17, 15) is 9.59 Å². The molecule has 1 fully saturated rings. The highest BCUT2D eigenvalue weighted by atomic mass is 16.5. The molecule has 0 amide bonds. The molecule has 0 aromatic carbocycles. The van der Waals surface area contributed by atoms with Gasteiger partial charge in [0.05, 0.1) is 5.92 Å². The van der Waals surface area contributed by atoms with Crippen molar-refractivity contribution < 1.29 is 19.4 Å². The van der Waals surface area contributed by atoms with Gasteiger partial charge < -0.3 is 9.84 Å². The number of terminal acetylenes is 1. The van der Waals surface area contributed by atoms with Gasteiger partial charge in [0.1, 0.15) is 0 Å². The minimum atomic E-state index is -0.836. The zero-order chi connectivity index (χ0) is 12.3. The minimum Gasteiger partial charge on any atom is -0.481 e. The van der Waals surface area contributed by atoms with Crippen molar-refractivity contribution in [2.24, 2.45) is 17.3 Å². The Balaban J connectivity index is 2.51. The molecule has 0 aliphatic heterocycles. The van der Waals surface area contributed by atoms with Gasteiger partial charge in [0.2, 0.25) is 0 Å². The quantitative estimate of drug-likeness (QED) is 0.439. The summed E-state index contributed by atoms with van der Waals surface area (Å²) in [7, 11) is 0. The van der Waals surface area contributed by atoms with Gasteiger partial charge in [0, 0.05) is 6.08 Å². The van der Waals surface area contributed by atoms with Gasteiger partial charge in [0.15, 0.2) is 6.61 Å². The summed E-state index contributed by atoms with van der Waals surface area (Å²) in [5, 5.41) is 8.89. The van der Waals surface area contributed by atoms with E-state index in [1.165, 1.54) is 6.08 Å². The molecule has 1 N–H and O–H groups in total. The Morgan fingerprint density at radius 3 is 2.62 bits per heavy atom. The van der Waals surface area contributed by atoms with Crippen LogP contribution in [0.3, 0.4) is 0 Å². The average molecular weight is 222 g/mol. The van der Waals surface area contributed by atoms with Crippen LogP contribution in [0.15, 0.2) is 12.2 Å². The molecular formula is C12H14O4. The van der Waals surface area contributed by atoms with Crippen LogP contribution >= 0.6 is 0 Å². The maximum Gasteiger partial charge on any atom is 0.331 e. The highest BCUT2D eigenvalue weighted by Crippen LogP contribution is 2.58. The number of carboxylic acid groups (broad SMARTS) is 1. The third kappa shape index (κ3) is 2.43. The maximum atomic E-state index is 11.1. The van der Waals surface area contributed by atoms with Gasteiger partial charge in [0.25, 0.3) is 0 Å². The zero-order valence-electron chi connectivity index (χ0n) is 9.27. The molecule has 0 unspecified atom stereocenters. The van der Waals surface area contributed by atoms with Crippen LogP contribution < -0.4 is 0 Å². The van der Waals surface area contributed by atoms with Gasteiger partial charge in [-0.3, -0.25) is 4.79 Å². The lowest BCUT2D eigenvalue weighted by molar-refractivity contribution is -0.139. The first-order chi connectivity index (χ1) is 7.41. The summed E-state index contributed by atoms with van der Waals surface area (Å²) in [6.07, 6.45) is 7.74. The fourth-order valence-corrected chi connectivity index (χ4v) is 1.85. The maximum absolute atomic E-state index is 11.1. The molecular weight excluding hydrogens is 208 g/mol. The molecule has 2 atom stereocenters. The molecule has 16 heavy (non-hydrogen) atoms. The first-order valence-electron chi connectivity index (χ1n) is 4.92. The number of esters is 1. The Bertz CT molecular complexity index is 373. The summed E-state index contributed by atoms with van der Waals surface area (Å²) in [6, 6.07) is 0. The molecule has 0 aromatic rings. The van der Waals surface area contributed by atoms with Crippen LogP contribution in [0.1, 0.15) is 13.8 Å². The summed E-state index contributed by atoms with van der Waals surface area (Å²) >= 11 is 0. The van der Waals surface area contributed by atoms with Crippen LogP contribution in [0.4, 0.5) is 0 Å². The monoisotopic (exact) mass is 222 g/mol. The number of carboxylic acids is 1. The first kappa shape index (κ1) is 12.3. The number of ether oxygens (including phenoxy) is 1. The third-order valence-corrected chi connectivity index (χ3v) is 2.91. The Morgan fingerprint density at radius 2 is 2.19 bits per heavy atom. The Labute approximate surface area is 94.3 Å². The van der Waals surface area contributed by atoms with Crippen molar-refractivity contribution in [3.05, 3.63) is 12.2 Å². The molecule has 0 bridgehead atoms. The predicted molar refractivity (Wildman–Crippen MR) is 57.3 cm³/mol. The molecule has 0 radical (unpaired) electrons. The molecule has 1 rings (SSSR count). The van der Waals surface area contributed by atoms with Crippen LogP contribution in [0.25, 0.3) is 0 Å². The fraction of sp³-hybridized carbons (Fsp3) is 0.500. The summed E-state index contributed by atoms with van der Waals surface area (Å²) < 4.78 is 4.62. The summed E-state index contributed by atoms with van der Waals surface area (Å²) in [6.45, 7) is 3.64. The summed E-state index contributed by atoms with van der Waals surface area (Å²) in [5.41, 5.74) is -0.297. The fourth-order valence-electron chi connectivity index (χ4n) is 1.85. The molecule has 1 aliphatic rings. The van der Waals surface area contributed by atoms with Crippen LogP contribution in [0.2, 0.25) is 0 Å².